The Morgan fingerprint density at radius 2 is 1.87 bits per heavy atom. The van der Waals surface area contributed by atoms with Crippen molar-refractivity contribution in [2.75, 3.05) is 14.2 Å². The van der Waals surface area contributed by atoms with E-state index in [1.807, 2.05) is 36.4 Å². The molecule has 0 saturated heterocycles. The molecule has 0 aromatic heterocycles. The minimum absolute atomic E-state index is 0.268. The van der Waals surface area contributed by atoms with Gasteiger partial charge in [-0.2, -0.15) is 0 Å². The minimum Gasteiger partial charge on any atom is -0.496 e. The fourth-order valence-electron chi connectivity index (χ4n) is 2.23. The number of ether oxygens (including phenoxy) is 1. The van der Waals surface area contributed by atoms with Crippen molar-refractivity contribution in [2.45, 2.75) is 9.79 Å². The molecule has 0 saturated carbocycles. The lowest BCUT2D eigenvalue weighted by atomic mass is 10.1. The molecule has 0 radical (unpaired) electrons. The number of hydrogen-bond acceptors (Lipinski definition) is 5. The fourth-order valence-corrected chi connectivity index (χ4v) is 3.85. The summed E-state index contributed by atoms with van der Waals surface area (Å²) in [5.74, 6) is 0.938. The largest absolute Gasteiger partial charge is 0.527 e. The zero-order chi connectivity index (χ0) is 16.4. The maximum Gasteiger partial charge on any atom is 0.527 e. The van der Waals surface area contributed by atoms with Gasteiger partial charge >= 0.3 is 7.82 Å². The van der Waals surface area contributed by atoms with Crippen LogP contribution in [-0.4, -0.2) is 19.1 Å². The van der Waals surface area contributed by atoms with Gasteiger partial charge in [0.25, 0.3) is 0 Å². The van der Waals surface area contributed by atoms with Gasteiger partial charge in [-0.25, -0.2) is 4.57 Å². The molecule has 1 aliphatic heterocycles. The molecule has 1 atom stereocenters. The average molecular weight is 350 g/mol. The first kappa shape index (κ1) is 16.1. The Kier molecular flexibility index (Phi) is 4.50. The number of hydrogen-bond donors (Lipinski definition) is 1. The van der Waals surface area contributed by atoms with Crippen molar-refractivity contribution in [3.8, 4) is 5.75 Å². The summed E-state index contributed by atoms with van der Waals surface area (Å²) in [4.78, 5) is 11.5. The highest BCUT2D eigenvalue weighted by molar-refractivity contribution is 7.99. The summed E-state index contributed by atoms with van der Waals surface area (Å²) >= 11 is 1.52. The van der Waals surface area contributed by atoms with Gasteiger partial charge in [0.2, 0.25) is 0 Å². The molecule has 0 fully saturated rings. The van der Waals surface area contributed by atoms with E-state index < -0.39 is 7.82 Å². The maximum atomic E-state index is 11.9. The summed E-state index contributed by atoms with van der Waals surface area (Å²) < 4.78 is 27.1. The molecular formula is C16H15O5PS. The van der Waals surface area contributed by atoms with E-state index in [0.29, 0.717) is 11.3 Å². The molecule has 1 N–H and O–H groups in total. The van der Waals surface area contributed by atoms with E-state index in [2.05, 4.69) is 4.52 Å². The molecular weight excluding hydrogens is 335 g/mol. The molecule has 3 rings (SSSR count). The SMILES string of the molecule is COc1cccc2c1Sc1ccccc1C=C2OP(=O)(O)OC. The zero-order valence-corrected chi connectivity index (χ0v) is 14.3. The second-order valence-corrected chi connectivity index (χ2v) is 7.26. The molecule has 0 aliphatic carbocycles. The van der Waals surface area contributed by atoms with Crippen LogP contribution in [0.2, 0.25) is 0 Å². The topological polar surface area (TPSA) is 65.0 Å². The summed E-state index contributed by atoms with van der Waals surface area (Å²) in [7, 11) is -1.45. The van der Waals surface area contributed by atoms with Gasteiger partial charge in [0, 0.05) is 17.6 Å². The number of phosphoric acid groups is 1. The highest BCUT2D eigenvalue weighted by Gasteiger charge is 2.27. The second-order valence-electron chi connectivity index (χ2n) is 4.73. The van der Waals surface area contributed by atoms with E-state index in [1.54, 1.807) is 19.3 Å². The molecule has 0 amide bonds. The fraction of sp³-hybridized carbons (Fsp3) is 0.125. The first-order valence-corrected chi connectivity index (χ1v) is 9.09. The molecule has 0 spiro atoms. The van der Waals surface area contributed by atoms with E-state index in [9.17, 15) is 9.46 Å². The highest BCUT2D eigenvalue weighted by atomic mass is 32.2. The zero-order valence-electron chi connectivity index (χ0n) is 12.6. The summed E-state index contributed by atoms with van der Waals surface area (Å²) in [6.07, 6.45) is 1.73. The number of methoxy groups -OCH3 is 1. The molecule has 5 nitrogen and oxygen atoms in total. The average Bonchev–Trinajstić information content (AvgIpc) is 2.71. The molecule has 1 aliphatic rings. The van der Waals surface area contributed by atoms with Crippen LogP contribution >= 0.6 is 19.6 Å². The first-order valence-electron chi connectivity index (χ1n) is 6.78. The Hall–Kier alpha value is -1.72. The molecule has 1 heterocycles. The lowest BCUT2D eigenvalue weighted by molar-refractivity contribution is 0.231. The Morgan fingerprint density at radius 3 is 2.61 bits per heavy atom. The predicted octanol–water partition coefficient (Wildman–Crippen LogP) is 4.42. The third kappa shape index (κ3) is 3.31. The molecule has 7 heteroatoms. The normalized spacial score (nSPS) is 15.5. The lowest BCUT2D eigenvalue weighted by Crippen LogP contribution is -1.96. The minimum atomic E-state index is -4.17. The van der Waals surface area contributed by atoms with Gasteiger partial charge < -0.3 is 9.26 Å². The summed E-state index contributed by atoms with van der Waals surface area (Å²) in [6, 6.07) is 13.2. The van der Waals surface area contributed by atoms with Gasteiger partial charge in [0.15, 0.2) is 0 Å². The van der Waals surface area contributed by atoms with Crippen molar-refractivity contribution in [1.29, 1.82) is 0 Å². The van der Waals surface area contributed by atoms with Crippen LogP contribution in [0.25, 0.3) is 11.8 Å². The molecule has 2 aromatic rings. The van der Waals surface area contributed by atoms with E-state index in [4.69, 9.17) is 9.26 Å². The van der Waals surface area contributed by atoms with Crippen molar-refractivity contribution in [3.63, 3.8) is 0 Å². The van der Waals surface area contributed by atoms with Crippen LogP contribution in [0.5, 0.6) is 5.75 Å². The maximum absolute atomic E-state index is 11.9. The van der Waals surface area contributed by atoms with E-state index in [1.165, 1.54) is 11.8 Å². The first-order chi connectivity index (χ1) is 11.0. The number of fused-ring (bicyclic) bond motifs is 2. The van der Waals surface area contributed by atoms with Crippen molar-refractivity contribution in [1.82, 2.24) is 0 Å². The molecule has 120 valence electrons. The van der Waals surface area contributed by atoms with Gasteiger partial charge in [-0.1, -0.05) is 36.0 Å². The Labute approximate surface area is 138 Å². The van der Waals surface area contributed by atoms with Crippen LogP contribution in [0.1, 0.15) is 11.1 Å². The van der Waals surface area contributed by atoms with Crippen LogP contribution in [-0.2, 0) is 13.6 Å². The third-order valence-electron chi connectivity index (χ3n) is 3.33. The number of rotatable bonds is 4. The van der Waals surface area contributed by atoms with Gasteiger partial charge in [0.1, 0.15) is 11.5 Å². The molecule has 0 bridgehead atoms. The van der Waals surface area contributed by atoms with Crippen LogP contribution in [0.15, 0.2) is 52.3 Å². The van der Waals surface area contributed by atoms with E-state index in [0.717, 1.165) is 22.5 Å². The van der Waals surface area contributed by atoms with Gasteiger partial charge in [0.05, 0.1) is 12.0 Å². The monoisotopic (exact) mass is 350 g/mol. The highest BCUT2D eigenvalue weighted by Crippen LogP contribution is 2.51. The Morgan fingerprint density at radius 1 is 1.09 bits per heavy atom. The Bertz CT molecular complexity index is 818. The van der Waals surface area contributed by atoms with E-state index in [-0.39, 0.29) is 5.76 Å². The molecule has 2 aromatic carbocycles. The van der Waals surface area contributed by atoms with Crippen LogP contribution < -0.4 is 4.74 Å². The molecule has 1 unspecified atom stereocenters. The van der Waals surface area contributed by atoms with Gasteiger partial charge in [-0.15, -0.1) is 0 Å². The lowest BCUT2D eigenvalue weighted by Gasteiger charge is -2.16. The Balaban J connectivity index is 2.20. The number of phosphoric ester groups is 1. The van der Waals surface area contributed by atoms with Gasteiger partial charge in [-0.3, -0.25) is 9.42 Å². The van der Waals surface area contributed by atoms with Crippen molar-refractivity contribution in [3.05, 3.63) is 53.6 Å². The summed E-state index contributed by atoms with van der Waals surface area (Å²) in [5.41, 5.74) is 1.57. The predicted molar refractivity (Wildman–Crippen MR) is 89.3 cm³/mol. The number of benzene rings is 2. The third-order valence-corrected chi connectivity index (χ3v) is 5.43. The van der Waals surface area contributed by atoms with Crippen molar-refractivity contribution >= 4 is 31.4 Å². The van der Waals surface area contributed by atoms with Crippen molar-refractivity contribution < 1.29 is 23.2 Å². The molecule has 23 heavy (non-hydrogen) atoms. The van der Waals surface area contributed by atoms with Crippen LogP contribution in [0, 0.1) is 0 Å². The second kappa shape index (κ2) is 6.42. The summed E-state index contributed by atoms with van der Waals surface area (Å²) in [6.45, 7) is 0. The van der Waals surface area contributed by atoms with Crippen LogP contribution in [0.4, 0.5) is 0 Å². The van der Waals surface area contributed by atoms with E-state index >= 15 is 0 Å². The smallest absolute Gasteiger partial charge is 0.496 e. The van der Waals surface area contributed by atoms with Gasteiger partial charge in [-0.05, 0) is 29.8 Å². The standard InChI is InChI=1S/C16H15O5PS/c1-19-13-8-5-7-12-14(21-22(17,18)20-2)10-11-6-3-4-9-15(11)23-16(12)13/h3-10H,1-2H3,(H,17,18). The van der Waals surface area contributed by atoms with Crippen LogP contribution in [0.3, 0.4) is 0 Å². The summed E-state index contributed by atoms with van der Waals surface area (Å²) in [5, 5.41) is 0. The van der Waals surface area contributed by atoms with Crippen molar-refractivity contribution in [2.24, 2.45) is 0 Å². The quantitative estimate of drug-likeness (QED) is 0.824.